The van der Waals surface area contributed by atoms with Gasteiger partial charge in [0.15, 0.2) is 0 Å². The lowest BCUT2D eigenvalue weighted by atomic mass is 9.90. The van der Waals surface area contributed by atoms with E-state index >= 15 is 0 Å². The molecule has 0 aromatic rings. The summed E-state index contributed by atoms with van der Waals surface area (Å²) in [5.74, 6) is 0.921. The molecule has 104 valence electrons. The lowest BCUT2D eigenvalue weighted by molar-refractivity contribution is 0.121. The van der Waals surface area contributed by atoms with Gasteiger partial charge in [0, 0.05) is 6.04 Å². The molecule has 0 saturated carbocycles. The molecule has 1 aliphatic rings. The van der Waals surface area contributed by atoms with Crippen LogP contribution in [0.15, 0.2) is 0 Å². The molecule has 1 aliphatic heterocycles. The Morgan fingerprint density at radius 2 is 2.00 bits per heavy atom. The van der Waals surface area contributed by atoms with Crippen molar-refractivity contribution in [3.8, 4) is 6.07 Å². The fourth-order valence-corrected chi connectivity index (χ4v) is 3.07. The van der Waals surface area contributed by atoms with Gasteiger partial charge < -0.3 is 4.90 Å². The van der Waals surface area contributed by atoms with Crippen molar-refractivity contribution in [2.75, 3.05) is 19.6 Å². The summed E-state index contributed by atoms with van der Waals surface area (Å²) in [6.45, 7) is 11.9. The Morgan fingerprint density at radius 3 is 2.44 bits per heavy atom. The topological polar surface area (TPSA) is 39.1 Å². The van der Waals surface area contributed by atoms with Crippen LogP contribution < -0.4 is 5.32 Å². The summed E-state index contributed by atoms with van der Waals surface area (Å²) in [7, 11) is 0. The van der Waals surface area contributed by atoms with Crippen molar-refractivity contribution in [1.82, 2.24) is 10.2 Å². The van der Waals surface area contributed by atoms with Gasteiger partial charge in [0.25, 0.3) is 0 Å². The standard InChI is InChI=1S/C15H29N3/c1-5-14-7-9-18(10-8-14)13(3)11-15(4,12-16)17-6-2/h13-14,17H,5-11H2,1-4H3. The summed E-state index contributed by atoms with van der Waals surface area (Å²) in [5.41, 5.74) is -0.379. The SMILES string of the molecule is CCNC(C)(C#N)CC(C)N1CCC(CC)CC1. The van der Waals surface area contributed by atoms with Crippen molar-refractivity contribution in [2.24, 2.45) is 5.92 Å². The first-order chi connectivity index (χ1) is 8.54. The highest BCUT2D eigenvalue weighted by molar-refractivity contribution is 5.05. The zero-order valence-corrected chi connectivity index (χ0v) is 12.5. The third kappa shape index (κ3) is 4.26. The minimum atomic E-state index is -0.379. The highest BCUT2D eigenvalue weighted by Crippen LogP contribution is 2.24. The molecule has 1 saturated heterocycles. The molecule has 1 rings (SSSR count). The number of likely N-dealkylation sites (tertiary alicyclic amines) is 1. The average molecular weight is 251 g/mol. The number of hydrogen-bond acceptors (Lipinski definition) is 3. The number of nitrogens with zero attached hydrogens (tertiary/aromatic N) is 2. The number of hydrogen-bond donors (Lipinski definition) is 1. The predicted octanol–water partition coefficient (Wildman–Crippen LogP) is 2.78. The molecule has 0 radical (unpaired) electrons. The maximum Gasteiger partial charge on any atom is 0.105 e. The van der Waals surface area contributed by atoms with Gasteiger partial charge in [-0.1, -0.05) is 20.3 Å². The molecule has 2 unspecified atom stereocenters. The third-order valence-electron chi connectivity index (χ3n) is 4.37. The van der Waals surface area contributed by atoms with E-state index < -0.39 is 0 Å². The van der Waals surface area contributed by atoms with Crippen LogP contribution in [0.5, 0.6) is 0 Å². The van der Waals surface area contributed by atoms with Gasteiger partial charge in [-0.05, 0) is 58.7 Å². The first kappa shape index (κ1) is 15.5. The van der Waals surface area contributed by atoms with Gasteiger partial charge in [-0.15, -0.1) is 0 Å². The molecule has 18 heavy (non-hydrogen) atoms. The van der Waals surface area contributed by atoms with Gasteiger partial charge >= 0.3 is 0 Å². The van der Waals surface area contributed by atoms with E-state index in [1.165, 1.54) is 32.4 Å². The van der Waals surface area contributed by atoms with Gasteiger partial charge in [-0.25, -0.2) is 0 Å². The van der Waals surface area contributed by atoms with E-state index in [9.17, 15) is 5.26 Å². The monoisotopic (exact) mass is 251 g/mol. The van der Waals surface area contributed by atoms with Crippen molar-refractivity contribution in [3.05, 3.63) is 0 Å². The van der Waals surface area contributed by atoms with Crippen LogP contribution in [-0.4, -0.2) is 36.1 Å². The van der Waals surface area contributed by atoms with Crippen molar-refractivity contribution in [1.29, 1.82) is 5.26 Å². The number of piperidine rings is 1. The largest absolute Gasteiger partial charge is 0.301 e. The van der Waals surface area contributed by atoms with Crippen LogP contribution in [0.25, 0.3) is 0 Å². The van der Waals surface area contributed by atoms with Gasteiger partial charge in [-0.2, -0.15) is 5.26 Å². The summed E-state index contributed by atoms with van der Waals surface area (Å²) in [6.07, 6.45) is 4.88. The van der Waals surface area contributed by atoms with Crippen LogP contribution in [0.1, 0.15) is 53.4 Å². The number of rotatable bonds is 6. The van der Waals surface area contributed by atoms with Gasteiger partial charge in [0.2, 0.25) is 0 Å². The summed E-state index contributed by atoms with van der Waals surface area (Å²) < 4.78 is 0. The molecule has 0 spiro atoms. The molecule has 1 fully saturated rings. The van der Waals surface area contributed by atoms with E-state index in [0.717, 1.165) is 18.9 Å². The highest BCUT2D eigenvalue weighted by Gasteiger charge is 2.29. The normalized spacial score (nSPS) is 23.3. The second-order valence-corrected chi connectivity index (χ2v) is 5.91. The molecule has 1 heterocycles. The Bertz CT molecular complexity index is 276. The van der Waals surface area contributed by atoms with E-state index in [4.69, 9.17) is 0 Å². The van der Waals surface area contributed by atoms with Gasteiger partial charge in [0.1, 0.15) is 5.54 Å². The summed E-state index contributed by atoms with van der Waals surface area (Å²) in [5, 5.41) is 12.6. The van der Waals surface area contributed by atoms with Crippen LogP contribution in [0, 0.1) is 17.2 Å². The maximum atomic E-state index is 9.31. The maximum absolute atomic E-state index is 9.31. The first-order valence-corrected chi connectivity index (χ1v) is 7.45. The second kappa shape index (κ2) is 7.11. The minimum absolute atomic E-state index is 0.379. The summed E-state index contributed by atoms with van der Waals surface area (Å²) in [4.78, 5) is 2.55. The molecular formula is C15H29N3. The Labute approximate surface area is 113 Å². The molecule has 0 bridgehead atoms. The summed E-state index contributed by atoms with van der Waals surface area (Å²) >= 11 is 0. The molecule has 0 aliphatic carbocycles. The summed E-state index contributed by atoms with van der Waals surface area (Å²) in [6, 6.07) is 2.92. The van der Waals surface area contributed by atoms with E-state index in [0.29, 0.717) is 6.04 Å². The quantitative estimate of drug-likeness (QED) is 0.789. The molecule has 0 amide bonds. The number of nitriles is 1. The molecule has 3 nitrogen and oxygen atoms in total. The average Bonchev–Trinajstić information content (AvgIpc) is 2.39. The third-order valence-corrected chi connectivity index (χ3v) is 4.37. The Morgan fingerprint density at radius 1 is 1.39 bits per heavy atom. The lowest BCUT2D eigenvalue weighted by Crippen LogP contribution is -2.48. The molecule has 0 aromatic heterocycles. The molecular weight excluding hydrogens is 222 g/mol. The first-order valence-electron chi connectivity index (χ1n) is 7.45. The van der Waals surface area contributed by atoms with E-state index in [-0.39, 0.29) is 5.54 Å². The van der Waals surface area contributed by atoms with E-state index in [2.05, 4.69) is 37.1 Å². The molecule has 2 atom stereocenters. The smallest absolute Gasteiger partial charge is 0.105 e. The van der Waals surface area contributed by atoms with Gasteiger partial charge in [-0.3, -0.25) is 5.32 Å². The molecule has 1 N–H and O–H groups in total. The second-order valence-electron chi connectivity index (χ2n) is 5.91. The Balaban J connectivity index is 2.46. The lowest BCUT2D eigenvalue weighted by Gasteiger charge is -2.38. The Hall–Kier alpha value is -0.590. The van der Waals surface area contributed by atoms with Crippen LogP contribution >= 0.6 is 0 Å². The minimum Gasteiger partial charge on any atom is -0.301 e. The predicted molar refractivity (Wildman–Crippen MR) is 76.4 cm³/mol. The van der Waals surface area contributed by atoms with Crippen molar-refractivity contribution < 1.29 is 0 Å². The van der Waals surface area contributed by atoms with Crippen molar-refractivity contribution >= 4 is 0 Å². The van der Waals surface area contributed by atoms with Crippen molar-refractivity contribution in [2.45, 2.75) is 65.0 Å². The van der Waals surface area contributed by atoms with E-state index in [1.54, 1.807) is 0 Å². The van der Waals surface area contributed by atoms with Crippen molar-refractivity contribution in [3.63, 3.8) is 0 Å². The van der Waals surface area contributed by atoms with Crippen LogP contribution in [0.4, 0.5) is 0 Å². The molecule has 0 aromatic carbocycles. The van der Waals surface area contributed by atoms with Gasteiger partial charge in [0.05, 0.1) is 6.07 Å². The highest BCUT2D eigenvalue weighted by atomic mass is 15.2. The Kier molecular flexibility index (Phi) is 6.11. The molecule has 3 heteroatoms. The zero-order chi connectivity index (χ0) is 13.6. The number of nitrogens with one attached hydrogen (secondary N) is 1. The van der Waals surface area contributed by atoms with Crippen LogP contribution in [0.2, 0.25) is 0 Å². The van der Waals surface area contributed by atoms with Crippen LogP contribution in [-0.2, 0) is 0 Å². The fourth-order valence-electron chi connectivity index (χ4n) is 3.07. The van der Waals surface area contributed by atoms with E-state index in [1.807, 2.05) is 6.92 Å². The zero-order valence-electron chi connectivity index (χ0n) is 12.5. The van der Waals surface area contributed by atoms with Crippen LogP contribution in [0.3, 0.4) is 0 Å². The fraction of sp³-hybridized carbons (Fsp3) is 0.933.